The van der Waals surface area contributed by atoms with E-state index in [0.29, 0.717) is 13.0 Å². The molecule has 8 heteroatoms. The monoisotopic (exact) mass is 381 g/mol. The first-order valence-corrected chi connectivity index (χ1v) is 10.9. The van der Waals surface area contributed by atoms with Crippen molar-refractivity contribution in [2.45, 2.75) is 31.3 Å². The van der Waals surface area contributed by atoms with Gasteiger partial charge in [0.25, 0.3) is 0 Å². The molecule has 144 valence electrons. The van der Waals surface area contributed by atoms with Gasteiger partial charge in [0.1, 0.15) is 5.75 Å². The molecule has 2 amide bonds. The fourth-order valence-corrected chi connectivity index (χ4v) is 5.35. The number of likely N-dealkylation sites (tertiary alicyclic amines) is 1. The molecule has 1 aromatic carbocycles. The lowest BCUT2D eigenvalue weighted by Crippen LogP contribution is -2.45. The molecule has 2 aliphatic heterocycles. The number of hydrogen-bond acceptors (Lipinski definition) is 5. The van der Waals surface area contributed by atoms with Gasteiger partial charge in [-0.25, -0.2) is 13.2 Å². The molecule has 2 N–H and O–H groups in total. The molecular formula is C18H27N3O4S. The number of carbonyl (C=O) groups excluding carboxylic acids is 1. The highest BCUT2D eigenvalue weighted by Gasteiger charge is 2.29. The number of urea groups is 1. The Balaban J connectivity index is 1.59. The Morgan fingerprint density at radius 3 is 2.54 bits per heavy atom. The van der Waals surface area contributed by atoms with Gasteiger partial charge in [-0.15, -0.1) is 0 Å². The summed E-state index contributed by atoms with van der Waals surface area (Å²) >= 11 is 0. The minimum absolute atomic E-state index is 0.0362. The molecule has 0 unspecified atom stereocenters. The van der Waals surface area contributed by atoms with Crippen molar-refractivity contribution in [3.05, 3.63) is 29.8 Å². The van der Waals surface area contributed by atoms with Crippen LogP contribution in [0.4, 0.5) is 4.79 Å². The molecule has 2 saturated heterocycles. The molecule has 0 bridgehead atoms. The minimum Gasteiger partial charge on any atom is -0.497 e. The van der Waals surface area contributed by atoms with Crippen LogP contribution in [0.25, 0.3) is 0 Å². The smallest absolute Gasteiger partial charge is 0.315 e. The molecule has 3 rings (SSSR count). The zero-order valence-corrected chi connectivity index (χ0v) is 15.9. The van der Waals surface area contributed by atoms with Crippen LogP contribution in [0.5, 0.6) is 5.75 Å². The van der Waals surface area contributed by atoms with Crippen molar-refractivity contribution in [2.24, 2.45) is 0 Å². The van der Waals surface area contributed by atoms with Crippen molar-refractivity contribution in [3.63, 3.8) is 0 Å². The molecule has 0 saturated carbocycles. The number of nitrogens with zero attached hydrogens (tertiary/aromatic N) is 1. The molecular weight excluding hydrogens is 354 g/mol. The zero-order valence-electron chi connectivity index (χ0n) is 15.1. The van der Waals surface area contributed by atoms with E-state index in [4.69, 9.17) is 4.74 Å². The van der Waals surface area contributed by atoms with Crippen molar-refractivity contribution in [3.8, 4) is 5.75 Å². The number of carbonyl (C=O) groups is 1. The first kappa shape index (κ1) is 19.0. The number of rotatable bonds is 6. The van der Waals surface area contributed by atoms with E-state index in [2.05, 4.69) is 15.5 Å². The van der Waals surface area contributed by atoms with Crippen molar-refractivity contribution in [2.75, 3.05) is 38.2 Å². The summed E-state index contributed by atoms with van der Waals surface area (Å²) in [5.41, 5.74) is 1.14. The van der Waals surface area contributed by atoms with Crippen LogP contribution in [0, 0.1) is 0 Å². The Morgan fingerprint density at radius 1 is 1.27 bits per heavy atom. The number of methoxy groups -OCH3 is 1. The maximum absolute atomic E-state index is 12.2. The van der Waals surface area contributed by atoms with E-state index in [1.165, 1.54) is 12.8 Å². The number of ether oxygens (including phenoxy) is 1. The Morgan fingerprint density at radius 2 is 1.96 bits per heavy atom. The number of amides is 2. The predicted molar refractivity (Wildman–Crippen MR) is 100 cm³/mol. The minimum atomic E-state index is -3.00. The number of nitrogens with one attached hydrogen (secondary N) is 2. The Labute approximate surface area is 155 Å². The van der Waals surface area contributed by atoms with Crippen molar-refractivity contribution in [1.29, 1.82) is 0 Å². The second kappa shape index (κ2) is 8.26. The van der Waals surface area contributed by atoms with Crippen LogP contribution >= 0.6 is 0 Å². The third-order valence-electron chi connectivity index (χ3n) is 5.11. The Bertz CT molecular complexity index is 714. The van der Waals surface area contributed by atoms with E-state index in [1.807, 2.05) is 24.3 Å². The van der Waals surface area contributed by atoms with E-state index >= 15 is 0 Å². The van der Waals surface area contributed by atoms with E-state index in [-0.39, 0.29) is 29.6 Å². The lowest BCUT2D eigenvalue weighted by molar-refractivity contribution is 0.219. The van der Waals surface area contributed by atoms with Crippen LogP contribution in [-0.2, 0) is 9.84 Å². The van der Waals surface area contributed by atoms with Crippen LogP contribution in [0.1, 0.15) is 30.9 Å². The van der Waals surface area contributed by atoms with Gasteiger partial charge in [0.15, 0.2) is 9.84 Å². The van der Waals surface area contributed by atoms with Crippen LogP contribution < -0.4 is 15.4 Å². The molecule has 7 nitrogen and oxygen atoms in total. The fraction of sp³-hybridized carbons (Fsp3) is 0.611. The van der Waals surface area contributed by atoms with Gasteiger partial charge in [-0.2, -0.15) is 0 Å². The Hall–Kier alpha value is -1.80. The highest BCUT2D eigenvalue weighted by Crippen LogP contribution is 2.26. The Kier molecular flexibility index (Phi) is 6.03. The second-order valence-electron chi connectivity index (χ2n) is 6.99. The summed E-state index contributed by atoms with van der Waals surface area (Å²) in [6.07, 6.45) is 2.82. The maximum Gasteiger partial charge on any atom is 0.315 e. The molecule has 0 radical (unpaired) electrons. The first-order valence-electron chi connectivity index (χ1n) is 9.09. The third-order valence-corrected chi connectivity index (χ3v) is 6.87. The first-order chi connectivity index (χ1) is 12.5. The summed E-state index contributed by atoms with van der Waals surface area (Å²) in [7, 11) is -1.36. The zero-order chi connectivity index (χ0) is 18.6. The SMILES string of the molecule is COc1ccc([C@@H](CNC(=O)N[C@H]2CCS(=O)(=O)C2)N2CCCC2)cc1. The largest absolute Gasteiger partial charge is 0.497 e. The third kappa shape index (κ3) is 4.88. The number of benzene rings is 1. The van der Waals surface area contributed by atoms with Gasteiger partial charge in [-0.1, -0.05) is 12.1 Å². The van der Waals surface area contributed by atoms with Gasteiger partial charge in [-0.05, 0) is 50.0 Å². The summed E-state index contributed by atoms with van der Waals surface area (Å²) < 4.78 is 28.2. The summed E-state index contributed by atoms with van der Waals surface area (Å²) in [6.45, 7) is 2.51. The molecule has 2 fully saturated rings. The lowest BCUT2D eigenvalue weighted by Gasteiger charge is -2.28. The molecule has 2 aliphatic rings. The van der Waals surface area contributed by atoms with Gasteiger partial charge in [0.05, 0.1) is 24.7 Å². The molecule has 0 aromatic heterocycles. The van der Waals surface area contributed by atoms with Crippen LogP contribution in [-0.4, -0.2) is 63.6 Å². The van der Waals surface area contributed by atoms with Crippen LogP contribution in [0.2, 0.25) is 0 Å². The fourth-order valence-electron chi connectivity index (χ4n) is 3.67. The highest BCUT2D eigenvalue weighted by atomic mass is 32.2. The van der Waals surface area contributed by atoms with Gasteiger partial charge in [-0.3, -0.25) is 4.90 Å². The van der Waals surface area contributed by atoms with E-state index < -0.39 is 9.84 Å². The molecule has 0 aliphatic carbocycles. The summed E-state index contributed by atoms with van der Waals surface area (Å²) in [6, 6.07) is 7.44. The average molecular weight is 381 g/mol. The van der Waals surface area contributed by atoms with Gasteiger partial charge >= 0.3 is 6.03 Å². The molecule has 1 aromatic rings. The van der Waals surface area contributed by atoms with Crippen molar-refractivity contribution in [1.82, 2.24) is 15.5 Å². The molecule has 26 heavy (non-hydrogen) atoms. The normalized spacial score (nSPS) is 23.5. The lowest BCUT2D eigenvalue weighted by atomic mass is 10.1. The number of sulfone groups is 1. The second-order valence-corrected chi connectivity index (χ2v) is 9.22. The molecule has 2 heterocycles. The average Bonchev–Trinajstić information content (AvgIpc) is 3.25. The topological polar surface area (TPSA) is 87.7 Å². The van der Waals surface area contributed by atoms with Crippen LogP contribution in [0.3, 0.4) is 0 Å². The summed E-state index contributed by atoms with van der Waals surface area (Å²) in [5, 5.41) is 5.71. The molecule has 2 atom stereocenters. The summed E-state index contributed by atoms with van der Waals surface area (Å²) in [4.78, 5) is 14.6. The standard InChI is InChI=1S/C18H27N3O4S/c1-25-16-6-4-14(5-7-16)17(21-9-2-3-10-21)12-19-18(22)20-15-8-11-26(23,24)13-15/h4-7,15,17H,2-3,8-13H2,1H3,(H2,19,20,22)/t15-,17+/m0/s1. The van der Waals surface area contributed by atoms with E-state index in [9.17, 15) is 13.2 Å². The summed E-state index contributed by atoms with van der Waals surface area (Å²) in [5.74, 6) is 0.997. The van der Waals surface area contributed by atoms with Gasteiger partial charge in [0.2, 0.25) is 0 Å². The van der Waals surface area contributed by atoms with E-state index in [0.717, 1.165) is 24.4 Å². The predicted octanol–water partition coefficient (Wildman–Crippen LogP) is 1.32. The molecule has 0 spiro atoms. The highest BCUT2D eigenvalue weighted by molar-refractivity contribution is 7.91. The van der Waals surface area contributed by atoms with Crippen molar-refractivity contribution < 1.29 is 17.9 Å². The van der Waals surface area contributed by atoms with E-state index in [1.54, 1.807) is 7.11 Å². The number of hydrogen-bond donors (Lipinski definition) is 2. The van der Waals surface area contributed by atoms with Crippen LogP contribution in [0.15, 0.2) is 24.3 Å². The van der Waals surface area contributed by atoms with Gasteiger partial charge in [0, 0.05) is 12.6 Å². The van der Waals surface area contributed by atoms with Gasteiger partial charge < -0.3 is 15.4 Å². The quantitative estimate of drug-likeness (QED) is 0.776. The maximum atomic E-state index is 12.2. The van der Waals surface area contributed by atoms with Crippen molar-refractivity contribution >= 4 is 15.9 Å².